The molecule has 1 saturated heterocycles. The van der Waals surface area contributed by atoms with Gasteiger partial charge in [0.25, 0.3) is 0 Å². The molecule has 2 aromatic rings. The van der Waals surface area contributed by atoms with Gasteiger partial charge in [-0.1, -0.05) is 38.5 Å². The van der Waals surface area contributed by atoms with Crippen LogP contribution in [0, 0.1) is 17.7 Å². The number of H-pyrrole nitrogens is 1. The smallest absolute Gasteiger partial charge is 0.244 e. The summed E-state index contributed by atoms with van der Waals surface area (Å²) in [5, 5.41) is 0.884. The highest BCUT2D eigenvalue weighted by Crippen LogP contribution is 2.43. The van der Waals surface area contributed by atoms with Crippen LogP contribution in [0.5, 0.6) is 0 Å². The van der Waals surface area contributed by atoms with E-state index >= 15 is 0 Å². The number of hydrogen-bond donors (Lipinski definition) is 3. The van der Waals surface area contributed by atoms with Gasteiger partial charge in [0.05, 0.1) is 18.1 Å². The number of nitrogens with one attached hydrogen (secondary N) is 1. The molecule has 3 heterocycles. The van der Waals surface area contributed by atoms with Crippen LogP contribution in [0.3, 0.4) is 0 Å². The van der Waals surface area contributed by atoms with E-state index in [0.717, 1.165) is 73.6 Å². The highest BCUT2D eigenvalue weighted by molar-refractivity contribution is 5.98. The van der Waals surface area contributed by atoms with E-state index in [1.54, 1.807) is 6.07 Å². The summed E-state index contributed by atoms with van der Waals surface area (Å²) in [4.78, 5) is 34.7. The van der Waals surface area contributed by atoms with Gasteiger partial charge in [-0.3, -0.25) is 9.59 Å². The van der Waals surface area contributed by atoms with Gasteiger partial charge < -0.3 is 26.3 Å². The lowest BCUT2D eigenvalue weighted by atomic mass is 9.83. The third-order valence-corrected chi connectivity index (χ3v) is 9.65. The molecule has 6 rings (SSSR count). The summed E-state index contributed by atoms with van der Waals surface area (Å²) in [6.07, 6.45) is 13.4. The van der Waals surface area contributed by atoms with Crippen LogP contribution >= 0.6 is 0 Å². The first-order chi connectivity index (χ1) is 18.4. The number of likely N-dealkylation sites (tertiary alicyclic amines) is 1. The van der Waals surface area contributed by atoms with E-state index in [2.05, 4.69) is 4.98 Å². The average Bonchev–Trinajstić information content (AvgIpc) is 3.66. The van der Waals surface area contributed by atoms with Crippen molar-refractivity contribution in [1.29, 1.82) is 0 Å². The standard InChI is InChI=1S/C30H40FN5O2/c31-20-11-12-21-22(16-34-24(21)15-20)23-17-36(30(38)27(33)19-9-5-2-6-10-19)25-13-14-35(28(23)25)29(37)26(32)18-7-3-1-4-8-18/h11-12,15-16,18-19,25-27,34H,1-10,13-14,17,32-33H2. The molecule has 3 fully saturated rings. The Hall–Kier alpha value is -2.71. The maximum Gasteiger partial charge on any atom is 0.244 e. The number of amides is 2. The molecular weight excluding hydrogens is 481 g/mol. The predicted octanol–water partition coefficient (Wildman–Crippen LogP) is 4.28. The number of nitrogens with zero attached hydrogens (tertiary/aromatic N) is 2. The number of halogens is 1. The van der Waals surface area contributed by atoms with Gasteiger partial charge in [-0.25, -0.2) is 4.39 Å². The van der Waals surface area contributed by atoms with Crippen molar-refractivity contribution in [3.05, 3.63) is 41.5 Å². The first kappa shape index (κ1) is 25.6. The minimum Gasteiger partial charge on any atom is -0.360 e. The molecular formula is C30H40FN5O2. The van der Waals surface area contributed by atoms with E-state index in [0.29, 0.717) is 25.0 Å². The molecule has 2 aliphatic carbocycles. The number of hydrogen-bond acceptors (Lipinski definition) is 4. The summed E-state index contributed by atoms with van der Waals surface area (Å²) in [5.41, 5.74) is 16.6. The molecule has 8 heteroatoms. The van der Waals surface area contributed by atoms with Crippen molar-refractivity contribution in [2.45, 2.75) is 88.8 Å². The lowest BCUT2D eigenvalue weighted by molar-refractivity contribution is -0.135. The topological polar surface area (TPSA) is 108 Å². The lowest BCUT2D eigenvalue weighted by Crippen LogP contribution is -2.50. The van der Waals surface area contributed by atoms with Crippen molar-refractivity contribution in [2.75, 3.05) is 13.1 Å². The van der Waals surface area contributed by atoms with Crippen LogP contribution in [-0.4, -0.2) is 57.8 Å². The third kappa shape index (κ3) is 4.45. The monoisotopic (exact) mass is 521 g/mol. The second-order valence-electron chi connectivity index (χ2n) is 11.9. The molecule has 2 saturated carbocycles. The molecule has 3 atom stereocenters. The van der Waals surface area contributed by atoms with Gasteiger partial charge >= 0.3 is 0 Å². The largest absolute Gasteiger partial charge is 0.360 e. The molecule has 5 N–H and O–H groups in total. The summed E-state index contributed by atoms with van der Waals surface area (Å²) in [7, 11) is 0. The van der Waals surface area contributed by atoms with E-state index < -0.39 is 12.1 Å². The van der Waals surface area contributed by atoms with Crippen LogP contribution in [0.4, 0.5) is 4.39 Å². The summed E-state index contributed by atoms with van der Waals surface area (Å²) < 4.78 is 13.9. The fourth-order valence-corrected chi connectivity index (χ4v) is 7.51. The predicted molar refractivity (Wildman–Crippen MR) is 146 cm³/mol. The molecule has 1 aromatic heterocycles. The Bertz CT molecular complexity index is 1240. The SMILES string of the molecule is NC(C(=O)N1CCC2C1=C(c1c[nH]c3cc(F)ccc13)CN2C(=O)C(N)C1CCCCC1)C1CCCCC1. The summed E-state index contributed by atoms with van der Waals surface area (Å²) in [6.45, 7) is 0.939. The number of carbonyl (C=O) groups excluding carboxylic acids is 2. The first-order valence-corrected chi connectivity index (χ1v) is 14.6. The Kier molecular flexibility index (Phi) is 7.03. The van der Waals surface area contributed by atoms with Crippen molar-refractivity contribution in [3.8, 4) is 0 Å². The summed E-state index contributed by atoms with van der Waals surface area (Å²) >= 11 is 0. The zero-order valence-electron chi connectivity index (χ0n) is 22.1. The third-order valence-electron chi connectivity index (χ3n) is 9.65. The Labute approximate surface area is 223 Å². The Morgan fingerprint density at radius 2 is 1.53 bits per heavy atom. The van der Waals surface area contributed by atoms with Crippen LogP contribution < -0.4 is 11.5 Å². The highest BCUT2D eigenvalue weighted by atomic mass is 19.1. The lowest BCUT2D eigenvalue weighted by Gasteiger charge is -2.32. The fourth-order valence-electron chi connectivity index (χ4n) is 7.51. The van der Waals surface area contributed by atoms with Crippen LogP contribution in [0.25, 0.3) is 16.5 Å². The zero-order chi connectivity index (χ0) is 26.4. The van der Waals surface area contributed by atoms with Crippen LogP contribution in [0.15, 0.2) is 30.1 Å². The summed E-state index contributed by atoms with van der Waals surface area (Å²) in [5.74, 6) is 0.0435. The number of aromatic nitrogens is 1. The van der Waals surface area contributed by atoms with Crippen molar-refractivity contribution in [1.82, 2.24) is 14.8 Å². The number of fused-ring (bicyclic) bond motifs is 2. The van der Waals surface area contributed by atoms with E-state index in [1.807, 2.05) is 16.0 Å². The maximum atomic E-state index is 13.9. The molecule has 7 nitrogen and oxygen atoms in total. The highest BCUT2D eigenvalue weighted by Gasteiger charge is 2.48. The number of benzene rings is 1. The van der Waals surface area contributed by atoms with Crippen LogP contribution in [-0.2, 0) is 9.59 Å². The first-order valence-electron chi connectivity index (χ1n) is 14.6. The molecule has 2 amide bonds. The number of nitrogens with two attached hydrogens (primary N) is 2. The molecule has 0 radical (unpaired) electrons. The molecule has 4 aliphatic rings. The van der Waals surface area contributed by atoms with Crippen LogP contribution in [0.2, 0.25) is 0 Å². The summed E-state index contributed by atoms with van der Waals surface area (Å²) in [6, 6.07) is 3.45. The van der Waals surface area contributed by atoms with Gasteiger partial charge in [-0.2, -0.15) is 0 Å². The van der Waals surface area contributed by atoms with Crippen molar-refractivity contribution < 1.29 is 14.0 Å². The maximum absolute atomic E-state index is 13.9. The molecule has 0 spiro atoms. The van der Waals surface area contributed by atoms with Gasteiger partial charge in [-0.15, -0.1) is 0 Å². The quantitative estimate of drug-likeness (QED) is 0.546. The number of aromatic amines is 1. The van der Waals surface area contributed by atoms with Crippen molar-refractivity contribution >= 4 is 28.3 Å². The molecule has 38 heavy (non-hydrogen) atoms. The van der Waals surface area contributed by atoms with Gasteiger partial charge in [0.15, 0.2) is 0 Å². The average molecular weight is 522 g/mol. The molecule has 204 valence electrons. The minimum absolute atomic E-state index is 0.0221. The Morgan fingerprint density at radius 1 is 0.895 bits per heavy atom. The Balaban J connectivity index is 1.35. The van der Waals surface area contributed by atoms with E-state index in [1.165, 1.54) is 25.0 Å². The number of rotatable bonds is 5. The second kappa shape index (κ2) is 10.5. The van der Waals surface area contributed by atoms with Gasteiger partial charge in [0.2, 0.25) is 11.8 Å². The van der Waals surface area contributed by atoms with Gasteiger partial charge in [-0.05, 0) is 62.1 Å². The van der Waals surface area contributed by atoms with E-state index in [-0.39, 0.29) is 35.5 Å². The van der Waals surface area contributed by atoms with Crippen molar-refractivity contribution in [3.63, 3.8) is 0 Å². The normalized spacial score (nSPS) is 24.8. The minimum atomic E-state index is -0.533. The van der Waals surface area contributed by atoms with E-state index in [9.17, 15) is 14.0 Å². The van der Waals surface area contributed by atoms with Gasteiger partial charge in [0.1, 0.15) is 5.82 Å². The molecule has 3 unspecified atom stereocenters. The van der Waals surface area contributed by atoms with Crippen molar-refractivity contribution in [2.24, 2.45) is 23.3 Å². The van der Waals surface area contributed by atoms with Crippen LogP contribution in [0.1, 0.15) is 76.2 Å². The fraction of sp³-hybridized carbons (Fsp3) is 0.600. The zero-order valence-corrected chi connectivity index (χ0v) is 22.1. The molecule has 1 aromatic carbocycles. The molecule has 2 aliphatic heterocycles. The van der Waals surface area contributed by atoms with Gasteiger partial charge in [0, 0.05) is 47.0 Å². The second-order valence-corrected chi connectivity index (χ2v) is 11.9. The number of carbonyl (C=O) groups is 2. The van der Waals surface area contributed by atoms with E-state index in [4.69, 9.17) is 11.5 Å². The Morgan fingerprint density at radius 3 is 2.18 bits per heavy atom. The molecule has 0 bridgehead atoms.